The minimum atomic E-state index is -4.71. The summed E-state index contributed by atoms with van der Waals surface area (Å²) in [5, 5.41) is 4.32. The first-order chi connectivity index (χ1) is 17.0. The summed E-state index contributed by atoms with van der Waals surface area (Å²) in [4.78, 5) is 5.14. The van der Waals surface area contributed by atoms with E-state index in [1.165, 1.54) is 43.4 Å². The van der Waals surface area contributed by atoms with Crippen LogP contribution in [-0.2, 0) is 30.6 Å². The summed E-state index contributed by atoms with van der Waals surface area (Å²) in [6.45, 7) is 2.87. The highest BCUT2D eigenvalue weighted by Gasteiger charge is 2.38. The number of hydrogen-bond donors (Lipinski definition) is 0. The third-order valence-electron chi connectivity index (χ3n) is 5.99. The normalized spacial score (nSPS) is 13.2. The quantitative estimate of drug-likeness (QED) is 0.310. The van der Waals surface area contributed by atoms with Crippen LogP contribution >= 0.6 is 11.3 Å². The predicted octanol–water partition coefficient (Wildman–Crippen LogP) is 5.36. The summed E-state index contributed by atoms with van der Waals surface area (Å²) < 4.78 is 90.0. The van der Waals surface area contributed by atoms with Crippen LogP contribution in [0.3, 0.4) is 0 Å². The highest BCUT2D eigenvalue weighted by atomic mass is 32.2. The zero-order valence-corrected chi connectivity index (χ0v) is 22.6. The lowest BCUT2D eigenvalue weighted by molar-refractivity contribution is -0.137. The van der Waals surface area contributed by atoms with Crippen molar-refractivity contribution in [1.82, 2.24) is 14.8 Å². The van der Waals surface area contributed by atoms with Crippen molar-refractivity contribution in [3.05, 3.63) is 72.2 Å². The van der Waals surface area contributed by atoms with Gasteiger partial charge in [-0.2, -0.15) is 18.3 Å². The third-order valence-corrected chi connectivity index (χ3v) is 10.3. The van der Waals surface area contributed by atoms with E-state index in [-0.39, 0.29) is 22.0 Å². The Bertz CT molecular complexity index is 1700. The molecule has 0 aliphatic rings. The second-order valence-corrected chi connectivity index (χ2v) is 14.6. The van der Waals surface area contributed by atoms with Crippen molar-refractivity contribution in [3.8, 4) is 26.7 Å². The lowest BCUT2D eigenvalue weighted by atomic mass is 10.1. The van der Waals surface area contributed by atoms with Crippen LogP contribution in [-0.4, -0.2) is 44.1 Å². The van der Waals surface area contributed by atoms with E-state index in [0.29, 0.717) is 15.3 Å². The maximum absolute atomic E-state index is 13.8. The van der Waals surface area contributed by atoms with E-state index in [2.05, 4.69) is 10.1 Å². The molecular formula is C24H22F3N3O4S3. The number of rotatable bonds is 6. The van der Waals surface area contributed by atoms with Crippen LogP contribution in [0, 0.1) is 0 Å². The molecule has 1 aromatic carbocycles. The molecule has 37 heavy (non-hydrogen) atoms. The third kappa shape index (κ3) is 5.20. The van der Waals surface area contributed by atoms with Gasteiger partial charge in [0.25, 0.3) is 0 Å². The number of nitrogens with zero attached hydrogens (tertiary/aromatic N) is 3. The number of pyridine rings is 1. The van der Waals surface area contributed by atoms with Crippen molar-refractivity contribution >= 4 is 31.0 Å². The van der Waals surface area contributed by atoms with Gasteiger partial charge in [0.1, 0.15) is 4.75 Å². The topological polar surface area (TPSA) is 99.0 Å². The molecule has 4 rings (SSSR count). The van der Waals surface area contributed by atoms with E-state index < -0.39 is 36.2 Å². The monoisotopic (exact) mass is 569 g/mol. The summed E-state index contributed by atoms with van der Waals surface area (Å²) in [5.41, 5.74) is -0.418. The van der Waals surface area contributed by atoms with Gasteiger partial charge in [-0.1, -0.05) is 12.1 Å². The Hall–Kier alpha value is -3.03. The molecule has 0 atom stereocenters. The molecule has 0 radical (unpaired) electrons. The molecule has 196 valence electrons. The van der Waals surface area contributed by atoms with E-state index in [0.717, 1.165) is 35.7 Å². The van der Waals surface area contributed by atoms with Crippen molar-refractivity contribution < 1.29 is 30.0 Å². The SMILES string of the molecule is CC(C)(c1cc(-c2ccc(-c3cccc(S(C)(=O)=O)c3)s2)n(-c2cnccc2C(F)(F)F)n1)S(C)(=O)=O. The van der Waals surface area contributed by atoms with E-state index >= 15 is 0 Å². The van der Waals surface area contributed by atoms with Crippen molar-refractivity contribution in [2.75, 3.05) is 12.5 Å². The largest absolute Gasteiger partial charge is 0.418 e. The Balaban J connectivity index is 1.94. The zero-order chi connectivity index (χ0) is 27.4. The smallest absolute Gasteiger partial charge is 0.262 e. The number of sulfone groups is 2. The van der Waals surface area contributed by atoms with Crippen molar-refractivity contribution in [3.63, 3.8) is 0 Å². The van der Waals surface area contributed by atoms with Gasteiger partial charge in [-0.05, 0) is 55.8 Å². The van der Waals surface area contributed by atoms with Gasteiger partial charge in [0.2, 0.25) is 0 Å². The fourth-order valence-corrected chi connectivity index (χ4v) is 5.68. The Morgan fingerprint density at radius 1 is 0.919 bits per heavy atom. The van der Waals surface area contributed by atoms with Gasteiger partial charge in [-0.15, -0.1) is 11.3 Å². The summed E-state index contributed by atoms with van der Waals surface area (Å²) in [5.74, 6) is 0. The Kier molecular flexibility index (Phi) is 6.62. The lowest BCUT2D eigenvalue weighted by Crippen LogP contribution is -2.28. The molecule has 13 heteroatoms. The molecular weight excluding hydrogens is 547 g/mol. The molecule has 0 amide bonds. The highest BCUT2D eigenvalue weighted by molar-refractivity contribution is 7.91. The fraction of sp³-hybridized carbons (Fsp3) is 0.250. The van der Waals surface area contributed by atoms with E-state index in [1.54, 1.807) is 24.3 Å². The average Bonchev–Trinajstić information content (AvgIpc) is 3.45. The van der Waals surface area contributed by atoms with Crippen molar-refractivity contribution in [1.29, 1.82) is 0 Å². The molecule has 0 unspecified atom stereocenters. The summed E-state index contributed by atoms with van der Waals surface area (Å²) in [7, 11) is -7.13. The Labute approximate surface area is 216 Å². The van der Waals surface area contributed by atoms with Gasteiger partial charge < -0.3 is 0 Å². The van der Waals surface area contributed by atoms with Gasteiger partial charge in [0.05, 0.1) is 38.6 Å². The van der Waals surface area contributed by atoms with Crippen LogP contribution in [0.4, 0.5) is 13.2 Å². The minimum absolute atomic E-state index is 0.0657. The second kappa shape index (κ2) is 9.07. The van der Waals surface area contributed by atoms with Gasteiger partial charge in [-0.25, -0.2) is 21.5 Å². The maximum atomic E-state index is 13.8. The molecule has 0 saturated heterocycles. The summed E-state index contributed by atoms with van der Waals surface area (Å²) >= 11 is 1.21. The molecule has 0 bridgehead atoms. The molecule has 0 fully saturated rings. The fourth-order valence-electron chi connectivity index (χ4n) is 3.53. The maximum Gasteiger partial charge on any atom is 0.418 e. The average molecular weight is 570 g/mol. The molecule has 4 aromatic rings. The molecule has 0 aliphatic carbocycles. The van der Waals surface area contributed by atoms with Crippen molar-refractivity contribution in [2.24, 2.45) is 0 Å². The molecule has 3 heterocycles. The van der Waals surface area contributed by atoms with Crippen LogP contribution < -0.4 is 0 Å². The van der Waals surface area contributed by atoms with Crippen LogP contribution in [0.15, 0.2) is 65.8 Å². The first-order valence-corrected chi connectivity index (χ1v) is 15.3. The number of hydrogen-bond acceptors (Lipinski definition) is 7. The molecule has 0 N–H and O–H groups in total. The first kappa shape index (κ1) is 27.0. The van der Waals surface area contributed by atoms with Crippen LogP contribution in [0.25, 0.3) is 26.7 Å². The summed E-state index contributed by atoms with van der Waals surface area (Å²) in [6, 6.07) is 12.0. The van der Waals surface area contributed by atoms with E-state index in [4.69, 9.17) is 0 Å². The number of benzene rings is 1. The number of alkyl halides is 3. The van der Waals surface area contributed by atoms with Gasteiger partial charge in [-0.3, -0.25) is 4.98 Å². The first-order valence-electron chi connectivity index (χ1n) is 10.7. The van der Waals surface area contributed by atoms with Crippen molar-refractivity contribution in [2.45, 2.75) is 29.7 Å². The minimum Gasteiger partial charge on any atom is -0.262 e. The highest BCUT2D eigenvalue weighted by Crippen LogP contribution is 2.41. The van der Waals surface area contributed by atoms with Crippen LogP contribution in [0.5, 0.6) is 0 Å². The Morgan fingerprint density at radius 2 is 1.59 bits per heavy atom. The second-order valence-electron chi connectivity index (χ2n) is 8.96. The van der Waals surface area contributed by atoms with Gasteiger partial charge in [0, 0.05) is 23.6 Å². The molecule has 0 aliphatic heterocycles. The summed E-state index contributed by atoms with van der Waals surface area (Å²) in [6.07, 6.45) is -0.521. The van der Waals surface area contributed by atoms with Gasteiger partial charge in [0.15, 0.2) is 19.7 Å². The predicted molar refractivity (Wildman–Crippen MR) is 136 cm³/mol. The molecule has 7 nitrogen and oxygen atoms in total. The van der Waals surface area contributed by atoms with Gasteiger partial charge >= 0.3 is 6.18 Å². The Morgan fingerprint density at radius 3 is 2.22 bits per heavy atom. The van der Waals surface area contributed by atoms with E-state index in [9.17, 15) is 30.0 Å². The number of halogens is 3. The van der Waals surface area contributed by atoms with Crippen LogP contribution in [0.1, 0.15) is 25.1 Å². The molecule has 0 saturated carbocycles. The number of aromatic nitrogens is 3. The zero-order valence-electron chi connectivity index (χ0n) is 20.1. The number of thiophene rings is 1. The van der Waals surface area contributed by atoms with E-state index in [1.807, 2.05) is 0 Å². The molecule has 0 spiro atoms. The molecule has 3 aromatic heterocycles. The standard InChI is InChI=1S/C24H22F3N3O4S3/c1-23(2,37(4,33)34)22-13-18(30(29-22)19-14-28-11-10-17(19)24(25,26)27)21-9-8-20(35-21)15-6-5-7-16(12-15)36(3,31)32/h5-14H,1-4H3. The van der Waals surface area contributed by atoms with Crippen LogP contribution in [0.2, 0.25) is 0 Å². The lowest BCUT2D eigenvalue weighted by Gasteiger charge is -2.19.